The third-order valence-corrected chi connectivity index (χ3v) is 4.60. The van der Waals surface area contributed by atoms with Gasteiger partial charge in [0.2, 0.25) is 5.91 Å². The molecule has 0 radical (unpaired) electrons. The van der Waals surface area contributed by atoms with Crippen LogP contribution in [0.1, 0.15) is 51.7 Å². The van der Waals surface area contributed by atoms with Gasteiger partial charge in [-0.25, -0.2) is 0 Å². The highest BCUT2D eigenvalue weighted by molar-refractivity contribution is 6.20. The summed E-state index contributed by atoms with van der Waals surface area (Å²) in [5, 5.41) is 0.143. The van der Waals surface area contributed by atoms with Gasteiger partial charge < -0.3 is 4.90 Å². The number of carbonyl (C=O) groups excluding carboxylic acids is 1. The number of hydrogen-bond acceptors (Lipinski definition) is 1. The lowest BCUT2D eigenvalue weighted by atomic mass is 10.0. The van der Waals surface area contributed by atoms with E-state index in [0.717, 1.165) is 31.4 Å². The average Bonchev–Trinajstić information content (AvgIpc) is 2.74. The van der Waals surface area contributed by atoms with E-state index in [9.17, 15) is 4.79 Å². The van der Waals surface area contributed by atoms with Crippen LogP contribution in [0.15, 0.2) is 18.2 Å². The van der Waals surface area contributed by atoms with E-state index >= 15 is 0 Å². The van der Waals surface area contributed by atoms with Crippen molar-refractivity contribution in [1.29, 1.82) is 0 Å². The molecule has 0 bridgehead atoms. The third kappa shape index (κ3) is 3.42. The monoisotopic (exact) mass is 307 g/mol. The molecule has 1 heterocycles. The zero-order valence-corrected chi connectivity index (χ0v) is 14.3. The molecule has 0 aromatic heterocycles. The molecule has 1 aromatic rings. The quantitative estimate of drug-likeness (QED) is 0.730. The van der Waals surface area contributed by atoms with Gasteiger partial charge in [-0.3, -0.25) is 4.79 Å². The molecule has 116 valence electrons. The Balaban J connectivity index is 2.27. The molecule has 0 saturated carbocycles. The molecule has 3 heteroatoms. The van der Waals surface area contributed by atoms with Gasteiger partial charge in [0.1, 0.15) is 0 Å². The summed E-state index contributed by atoms with van der Waals surface area (Å²) in [5.41, 5.74) is 3.65. The minimum atomic E-state index is 0.140. The second-order valence-corrected chi connectivity index (χ2v) is 6.97. The molecular formula is C18H26ClNO. The summed E-state index contributed by atoms with van der Waals surface area (Å²) in [4.78, 5) is 14.8. The Kier molecular flexibility index (Phi) is 5.32. The molecule has 2 rings (SSSR count). The van der Waals surface area contributed by atoms with Crippen LogP contribution < -0.4 is 4.90 Å². The maximum atomic E-state index is 12.7. The first kappa shape index (κ1) is 16.4. The van der Waals surface area contributed by atoms with Crippen LogP contribution in [-0.4, -0.2) is 17.3 Å². The van der Waals surface area contributed by atoms with Gasteiger partial charge in [0.25, 0.3) is 0 Å². The zero-order valence-electron chi connectivity index (χ0n) is 13.5. The predicted octanol–water partition coefficient (Wildman–Crippen LogP) is 4.57. The standard InChI is InChI=1S/C18H26ClNO/c1-5-15(6-2)18(21)20-13(4)10-16-11-14(9-12(3)19)7-8-17(16)20/h7-8,11-13,15H,5-6,9-10H2,1-4H3. The van der Waals surface area contributed by atoms with Crippen LogP contribution in [-0.2, 0) is 17.6 Å². The van der Waals surface area contributed by atoms with Crippen LogP contribution in [0.4, 0.5) is 5.69 Å². The maximum Gasteiger partial charge on any atom is 0.230 e. The molecule has 21 heavy (non-hydrogen) atoms. The van der Waals surface area contributed by atoms with Crippen molar-refractivity contribution in [2.75, 3.05) is 4.90 Å². The van der Waals surface area contributed by atoms with Crippen molar-refractivity contribution in [3.8, 4) is 0 Å². The van der Waals surface area contributed by atoms with Crippen LogP contribution in [0.2, 0.25) is 0 Å². The molecular weight excluding hydrogens is 282 g/mol. The van der Waals surface area contributed by atoms with Gasteiger partial charge in [-0.2, -0.15) is 0 Å². The second-order valence-electron chi connectivity index (χ2n) is 6.22. The number of benzene rings is 1. The molecule has 2 atom stereocenters. The number of anilines is 1. The minimum absolute atomic E-state index is 0.140. The Labute approximate surface area is 133 Å². The summed E-state index contributed by atoms with van der Waals surface area (Å²) < 4.78 is 0. The van der Waals surface area contributed by atoms with Gasteiger partial charge in [0.05, 0.1) is 0 Å². The van der Waals surface area contributed by atoms with Gasteiger partial charge in [0, 0.05) is 23.0 Å². The normalized spacial score (nSPS) is 19.0. The van der Waals surface area contributed by atoms with Crippen molar-refractivity contribution in [3.63, 3.8) is 0 Å². The van der Waals surface area contributed by atoms with Crippen molar-refractivity contribution >= 4 is 23.2 Å². The van der Waals surface area contributed by atoms with E-state index in [1.807, 2.05) is 11.8 Å². The fourth-order valence-electron chi connectivity index (χ4n) is 3.31. The highest BCUT2D eigenvalue weighted by atomic mass is 35.5. The van der Waals surface area contributed by atoms with Crippen molar-refractivity contribution in [2.24, 2.45) is 5.92 Å². The molecule has 2 nitrogen and oxygen atoms in total. The van der Waals surface area contributed by atoms with E-state index in [0.29, 0.717) is 0 Å². The number of hydrogen-bond donors (Lipinski definition) is 0. The third-order valence-electron chi connectivity index (χ3n) is 4.45. The number of carbonyl (C=O) groups is 1. The Morgan fingerprint density at radius 1 is 1.38 bits per heavy atom. The first-order valence-corrected chi connectivity index (χ1v) is 8.50. The van der Waals surface area contributed by atoms with E-state index in [1.165, 1.54) is 11.1 Å². The second kappa shape index (κ2) is 6.83. The summed E-state index contributed by atoms with van der Waals surface area (Å²) in [5.74, 6) is 0.422. The van der Waals surface area contributed by atoms with Crippen molar-refractivity contribution < 1.29 is 4.79 Å². The van der Waals surface area contributed by atoms with E-state index in [2.05, 4.69) is 39.0 Å². The molecule has 1 amide bonds. The lowest BCUT2D eigenvalue weighted by Gasteiger charge is -2.26. The van der Waals surface area contributed by atoms with Crippen LogP contribution >= 0.6 is 11.6 Å². The highest BCUT2D eigenvalue weighted by Crippen LogP contribution is 2.35. The van der Waals surface area contributed by atoms with Gasteiger partial charge in [-0.15, -0.1) is 11.6 Å². The van der Waals surface area contributed by atoms with E-state index in [4.69, 9.17) is 11.6 Å². The molecule has 0 aliphatic carbocycles. The van der Waals surface area contributed by atoms with Crippen molar-refractivity contribution in [1.82, 2.24) is 0 Å². The average molecular weight is 308 g/mol. The largest absolute Gasteiger partial charge is 0.309 e. The number of nitrogens with zero attached hydrogens (tertiary/aromatic N) is 1. The Morgan fingerprint density at radius 3 is 2.62 bits per heavy atom. The summed E-state index contributed by atoms with van der Waals surface area (Å²) >= 11 is 6.09. The van der Waals surface area contributed by atoms with Gasteiger partial charge in [0.15, 0.2) is 0 Å². The first-order chi connectivity index (χ1) is 9.97. The Hall–Kier alpha value is -1.02. The van der Waals surface area contributed by atoms with E-state index in [1.54, 1.807) is 0 Å². The maximum absolute atomic E-state index is 12.7. The van der Waals surface area contributed by atoms with E-state index in [-0.39, 0.29) is 23.2 Å². The lowest BCUT2D eigenvalue weighted by Crippen LogP contribution is -2.39. The minimum Gasteiger partial charge on any atom is -0.309 e. The smallest absolute Gasteiger partial charge is 0.230 e. The fraction of sp³-hybridized carbons (Fsp3) is 0.611. The van der Waals surface area contributed by atoms with Crippen LogP contribution in [0.3, 0.4) is 0 Å². The van der Waals surface area contributed by atoms with Crippen LogP contribution in [0.25, 0.3) is 0 Å². The molecule has 0 fully saturated rings. The fourth-order valence-corrected chi connectivity index (χ4v) is 3.48. The Bertz CT molecular complexity index is 508. The summed E-state index contributed by atoms with van der Waals surface area (Å²) in [7, 11) is 0. The van der Waals surface area contributed by atoms with Crippen LogP contribution in [0, 0.1) is 5.92 Å². The first-order valence-electron chi connectivity index (χ1n) is 8.06. The zero-order chi connectivity index (χ0) is 15.6. The number of fused-ring (bicyclic) bond motifs is 1. The van der Waals surface area contributed by atoms with Crippen molar-refractivity contribution in [3.05, 3.63) is 29.3 Å². The SMILES string of the molecule is CCC(CC)C(=O)N1c2ccc(CC(C)Cl)cc2CC1C. The highest BCUT2D eigenvalue weighted by Gasteiger charge is 2.33. The molecule has 1 aliphatic rings. The Morgan fingerprint density at radius 2 is 2.05 bits per heavy atom. The number of halogens is 1. The van der Waals surface area contributed by atoms with Crippen molar-refractivity contribution in [2.45, 2.75) is 64.8 Å². The summed E-state index contributed by atoms with van der Waals surface area (Å²) in [6.07, 6.45) is 3.65. The number of rotatable bonds is 5. The summed E-state index contributed by atoms with van der Waals surface area (Å²) in [6.45, 7) is 8.35. The van der Waals surface area contributed by atoms with Crippen LogP contribution in [0.5, 0.6) is 0 Å². The lowest BCUT2D eigenvalue weighted by molar-refractivity contribution is -0.122. The predicted molar refractivity (Wildman–Crippen MR) is 90.2 cm³/mol. The van der Waals surface area contributed by atoms with Gasteiger partial charge in [-0.1, -0.05) is 26.0 Å². The number of amides is 1. The van der Waals surface area contributed by atoms with Gasteiger partial charge >= 0.3 is 0 Å². The van der Waals surface area contributed by atoms with Gasteiger partial charge in [-0.05, 0) is 56.7 Å². The molecule has 1 aromatic carbocycles. The molecule has 2 unspecified atom stereocenters. The molecule has 1 aliphatic heterocycles. The van der Waals surface area contributed by atoms with E-state index < -0.39 is 0 Å². The number of alkyl halides is 1. The molecule has 0 N–H and O–H groups in total. The molecule has 0 saturated heterocycles. The topological polar surface area (TPSA) is 20.3 Å². The summed E-state index contributed by atoms with van der Waals surface area (Å²) in [6, 6.07) is 6.71. The molecule has 0 spiro atoms.